The Morgan fingerprint density at radius 3 is 2.52 bits per heavy atom. The number of hydrogen-bond acceptors (Lipinski definition) is 4. The van der Waals surface area contributed by atoms with Gasteiger partial charge in [0.15, 0.2) is 5.82 Å². The lowest BCUT2D eigenvalue weighted by molar-refractivity contribution is 0.208. The minimum absolute atomic E-state index is 0.0413. The number of nitrogens with zero attached hydrogens (tertiary/aromatic N) is 4. The van der Waals surface area contributed by atoms with E-state index >= 15 is 0 Å². The summed E-state index contributed by atoms with van der Waals surface area (Å²) in [5.74, 6) is 1.53. The minimum Gasteiger partial charge on any atom is -0.352 e. The molecule has 1 saturated heterocycles. The average Bonchev–Trinajstić information content (AvgIpc) is 3.47. The zero-order valence-corrected chi connectivity index (χ0v) is 14.5. The van der Waals surface area contributed by atoms with Crippen LogP contribution < -0.4 is 10.2 Å². The maximum absolute atomic E-state index is 12.4. The smallest absolute Gasteiger partial charge is 0.321 e. The number of piperazine rings is 1. The van der Waals surface area contributed by atoms with Gasteiger partial charge in [-0.05, 0) is 49.6 Å². The number of aryl methyl sites for hydroxylation is 1. The molecule has 0 atom stereocenters. The lowest BCUT2D eigenvalue weighted by Crippen LogP contribution is -2.50. The van der Waals surface area contributed by atoms with Gasteiger partial charge in [-0.1, -0.05) is 12.1 Å². The third-order valence-corrected chi connectivity index (χ3v) is 4.83. The Balaban J connectivity index is 1.32. The van der Waals surface area contributed by atoms with Gasteiger partial charge in [-0.15, -0.1) is 5.10 Å². The Kier molecular flexibility index (Phi) is 4.26. The van der Waals surface area contributed by atoms with Crippen molar-refractivity contribution in [1.82, 2.24) is 15.1 Å². The standard InChI is InChI=1S/C19H23N5O/c1-14-3-2-4-16(13-14)20-19(25)24-11-9-23(10-12-24)18-8-7-17(21-22-18)15-5-6-15/h2-4,7-8,13,15H,5-6,9-12H2,1H3,(H,20,25). The van der Waals surface area contributed by atoms with Gasteiger partial charge in [-0.25, -0.2) is 4.79 Å². The summed E-state index contributed by atoms with van der Waals surface area (Å²) < 4.78 is 0. The van der Waals surface area contributed by atoms with Crippen LogP contribution in [0.15, 0.2) is 36.4 Å². The summed E-state index contributed by atoms with van der Waals surface area (Å²) in [6, 6.07) is 12.0. The molecule has 6 heteroatoms. The van der Waals surface area contributed by atoms with E-state index in [2.05, 4.69) is 32.5 Å². The molecule has 6 nitrogen and oxygen atoms in total. The van der Waals surface area contributed by atoms with Crippen molar-refractivity contribution in [3.8, 4) is 0 Å². The van der Waals surface area contributed by atoms with Crippen LogP contribution in [0.4, 0.5) is 16.3 Å². The zero-order chi connectivity index (χ0) is 17.2. The second-order valence-corrected chi connectivity index (χ2v) is 6.86. The van der Waals surface area contributed by atoms with E-state index in [0.717, 1.165) is 35.9 Å². The number of carbonyl (C=O) groups is 1. The van der Waals surface area contributed by atoms with E-state index in [4.69, 9.17) is 0 Å². The number of benzene rings is 1. The van der Waals surface area contributed by atoms with Gasteiger partial charge in [0.25, 0.3) is 0 Å². The van der Waals surface area contributed by atoms with Gasteiger partial charge in [-0.2, -0.15) is 5.10 Å². The molecule has 1 aliphatic heterocycles. The van der Waals surface area contributed by atoms with Crippen molar-refractivity contribution in [2.75, 3.05) is 36.4 Å². The topological polar surface area (TPSA) is 61.4 Å². The fourth-order valence-corrected chi connectivity index (χ4v) is 3.17. The molecule has 4 rings (SSSR count). The molecule has 1 saturated carbocycles. The molecule has 1 N–H and O–H groups in total. The number of hydrogen-bond donors (Lipinski definition) is 1. The molecule has 2 aliphatic rings. The first-order valence-corrected chi connectivity index (χ1v) is 8.90. The largest absolute Gasteiger partial charge is 0.352 e. The van der Waals surface area contributed by atoms with Gasteiger partial charge < -0.3 is 15.1 Å². The van der Waals surface area contributed by atoms with Crippen LogP contribution in [0.2, 0.25) is 0 Å². The van der Waals surface area contributed by atoms with Crippen LogP contribution in [0.1, 0.15) is 30.0 Å². The van der Waals surface area contributed by atoms with Crippen molar-refractivity contribution >= 4 is 17.5 Å². The summed E-state index contributed by atoms with van der Waals surface area (Å²) in [7, 11) is 0. The van der Waals surface area contributed by atoms with Crippen LogP contribution in [0.5, 0.6) is 0 Å². The number of urea groups is 1. The number of anilines is 2. The fourth-order valence-electron chi connectivity index (χ4n) is 3.17. The minimum atomic E-state index is -0.0413. The molecule has 0 spiro atoms. The molecule has 2 aromatic rings. The molecule has 2 fully saturated rings. The SMILES string of the molecule is Cc1cccc(NC(=O)N2CCN(c3ccc(C4CC4)nn3)CC2)c1. The molecule has 2 amide bonds. The first-order chi connectivity index (χ1) is 12.2. The van der Waals surface area contributed by atoms with E-state index in [1.165, 1.54) is 12.8 Å². The third kappa shape index (κ3) is 3.73. The fraction of sp³-hybridized carbons (Fsp3) is 0.421. The molecule has 130 valence electrons. The van der Waals surface area contributed by atoms with E-state index < -0.39 is 0 Å². The Morgan fingerprint density at radius 1 is 1.08 bits per heavy atom. The zero-order valence-electron chi connectivity index (χ0n) is 14.5. The van der Waals surface area contributed by atoms with Gasteiger partial charge in [0.05, 0.1) is 5.69 Å². The molecule has 1 aromatic carbocycles. The second-order valence-electron chi connectivity index (χ2n) is 6.86. The van der Waals surface area contributed by atoms with Gasteiger partial charge in [0.1, 0.15) is 0 Å². The van der Waals surface area contributed by atoms with Crippen molar-refractivity contribution < 1.29 is 4.79 Å². The van der Waals surface area contributed by atoms with Crippen LogP contribution in [0.25, 0.3) is 0 Å². The summed E-state index contributed by atoms with van der Waals surface area (Å²) in [4.78, 5) is 16.5. The summed E-state index contributed by atoms with van der Waals surface area (Å²) in [6.45, 7) is 4.94. The summed E-state index contributed by atoms with van der Waals surface area (Å²) in [5, 5.41) is 11.7. The third-order valence-electron chi connectivity index (χ3n) is 4.83. The molecule has 1 aromatic heterocycles. The van der Waals surface area contributed by atoms with Gasteiger partial charge in [-0.3, -0.25) is 0 Å². The predicted molar refractivity (Wildman–Crippen MR) is 98.0 cm³/mol. The highest BCUT2D eigenvalue weighted by Gasteiger charge is 2.26. The van der Waals surface area contributed by atoms with Crippen LogP contribution in [-0.2, 0) is 0 Å². The summed E-state index contributed by atoms with van der Waals surface area (Å²) in [5.41, 5.74) is 3.09. The summed E-state index contributed by atoms with van der Waals surface area (Å²) >= 11 is 0. The van der Waals surface area contributed by atoms with Crippen LogP contribution in [0, 0.1) is 6.92 Å². The van der Waals surface area contributed by atoms with Crippen molar-refractivity contribution in [3.63, 3.8) is 0 Å². The van der Waals surface area contributed by atoms with E-state index in [0.29, 0.717) is 19.0 Å². The molecule has 0 radical (unpaired) electrons. The Morgan fingerprint density at radius 2 is 1.88 bits per heavy atom. The quantitative estimate of drug-likeness (QED) is 0.935. The van der Waals surface area contributed by atoms with Crippen molar-refractivity contribution in [2.45, 2.75) is 25.7 Å². The van der Waals surface area contributed by atoms with Crippen LogP contribution >= 0.6 is 0 Å². The average molecular weight is 337 g/mol. The normalized spacial score (nSPS) is 17.5. The number of nitrogens with one attached hydrogen (secondary N) is 1. The molecular formula is C19H23N5O. The molecule has 1 aliphatic carbocycles. The number of rotatable bonds is 3. The lowest BCUT2D eigenvalue weighted by Gasteiger charge is -2.35. The van der Waals surface area contributed by atoms with E-state index in [1.54, 1.807) is 0 Å². The highest BCUT2D eigenvalue weighted by atomic mass is 16.2. The highest BCUT2D eigenvalue weighted by molar-refractivity contribution is 5.89. The van der Waals surface area contributed by atoms with Crippen molar-refractivity contribution in [1.29, 1.82) is 0 Å². The number of aromatic nitrogens is 2. The van der Waals surface area contributed by atoms with Gasteiger partial charge >= 0.3 is 6.03 Å². The van der Waals surface area contributed by atoms with E-state index in [-0.39, 0.29) is 6.03 Å². The maximum atomic E-state index is 12.4. The monoisotopic (exact) mass is 337 g/mol. The molecule has 0 bridgehead atoms. The maximum Gasteiger partial charge on any atom is 0.321 e. The first kappa shape index (κ1) is 15.9. The Hall–Kier alpha value is -2.63. The first-order valence-electron chi connectivity index (χ1n) is 8.90. The van der Waals surface area contributed by atoms with Crippen LogP contribution in [-0.4, -0.2) is 47.3 Å². The van der Waals surface area contributed by atoms with Crippen molar-refractivity contribution in [3.05, 3.63) is 47.7 Å². The molecule has 25 heavy (non-hydrogen) atoms. The number of amides is 2. The van der Waals surface area contributed by atoms with Crippen LogP contribution in [0.3, 0.4) is 0 Å². The Bertz CT molecular complexity index is 749. The van der Waals surface area contributed by atoms with Gasteiger partial charge in [0, 0.05) is 37.8 Å². The van der Waals surface area contributed by atoms with Crippen molar-refractivity contribution in [2.24, 2.45) is 0 Å². The predicted octanol–water partition coefficient (Wildman–Crippen LogP) is 3.02. The molecule has 2 heterocycles. The lowest BCUT2D eigenvalue weighted by atomic mass is 10.2. The van der Waals surface area contributed by atoms with E-state index in [1.807, 2.05) is 36.1 Å². The highest BCUT2D eigenvalue weighted by Crippen LogP contribution is 2.38. The van der Waals surface area contributed by atoms with Gasteiger partial charge in [0.2, 0.25) is 0 Å². The van der Waals surface area contributed by atoms with E-state index in [9.17, 15) is 4.79 Å². The molecular weight excluding hydrogens is 314 g/mol. The molecule has 0 unspecified atom stereocenters. The second kappa shape index (κ2) is 6.70. The number of carbonyl (C=O) groups excluding carboxylic acids is 1. The Labute approximate surface area is 147 Å². The summed E-state index contributed by atoms with van der Waals surface area (Å²) in [6.07, 6.45) is 2.48.